The van der Waals surface area contributed by atoms with Gasteiger partial charge in [-0.2, -0.15) is 0 Å². The van der Waals surface area contributed by atoms with Crippen LogP contribution in [0, 0.1) is 5.92 Å². The summed E-state index contributed by atoms with van der Waals surface area (Å²) >= 11 is 0. The van der Waals surface area contributed by atoms with Crippen LogP contribution in [0.4, 0.5) is 5.69 Å². The monoisotopic (exact) mass is 650 g/mol. The van der Waals surface area contributed by atoms with Gasteiger partial charge in [0, 0.05) is 64.5 Å². The molecule has 0 bridgehead atoms. The van der Waals surface area contributed by atoms with Gasteiger partial charge in [0.1, 0.15) is 0 Å². The highest BCUT2D eigenvalue weighted by Crippen LogP contribution is 2.17. The molecule has 15 nitrogen and oxygen atoms in total. The van der Waals surface area contributed by atoms with Crippen molar-refractivity contribution in [2.75, 3.05) is 90.4 Å². The zero-order chi connectivity index (χ0) is 33.9. The van der Waals surface area contributed by atoms with Crippen molar-refractivity contribution in [3.05, 3.63) is 29.8 Å². The number of aliphatic carboxylic acids is 4. The number of carboxylic acid groups (broad SMARTS) is 4. The lowest BCUT2D eigenvalue weighted by Crippen LogP contribution is -2.47. The lowest BCUT2D eigenvalue weighted by Gasteiger charge is -2.34. The maximum absolute atomic E-state index is 12.3. The Morgan fingerprint density at radius 3 is 1.57 bits per heavy atom. The van der Waals surface area contributed by atoms with Crippen molar-refractivity contribution >= 4 is 35.5 Å². The number of nitrogens with two attached hydrogens (primary N) is 1. The lowest BCUT2D eigenvalue weighted by molar-refractivity contribution is -0.141. The SMILES string of the molecule is NCCCCCC(=O)Nc1ccc(CC2CN(CC(=O)O)CCN(CC(=O)O)CCCN(CC(=O)O)CCN(CC(=O)O)C2)cc1. The fourth-order valence-electron chi connectivity index (χ4n) is 5.66. The molecular formula is C31H50N6O9. The molecule has 1 aromatic carbocycles. The van der Waals surface area contributed by atoms with Crippen LogP contribution in [0.1, 0.15) is 37.7 Å². The highest BCUT2D eigenvalue weighted by molar-refractivity contribution is 5.90. The van der Waals surface area contributed by atoms with Crippen molar-refractivity contribution < 1.29 is 44.4 Å². The number of anilines is 1. The Morgan fingerprint density at radius 2 is 1.11 bits per heavy atom. The van der Waals surface area contributed by atoms with Gasteiger partial charge in [0.15, 0.2) is 0 Å². The van der Waals surface area contributed by atoms with E-state index in [1.54, 1.807) is 31.7 Å². The Balaban J connectivity index is 2.28. The number of hydrogen-bond acceptors (Lipinski definition) is 10. The summed E-state index contributed by atoms with van der Waals surface area (Å²) < 4.78 is 0. The predicted molar refractivity (Wildman–Crippen MR) is 171 cm³/mol. The molecule has 1 fully saturated rings. The number of carboxylic acids is 4. The molecule has 46 heavy (non-hydrogen) atoms. The Kier molecular flexibility index (Phi) is 17.8. The van der Waals surface area contributed by atoms with Crippen molar-refractivity contribution in [3.8, 4) is 0 Å². The first kappa shape index (κ1) is 38.6. The minimum atomic E-state index is -1.03. The van der Waals surface area contributed by atoms with Crippen LogP contribution in [-0.4, -0.2) is 155 Å². The molecule has 0 aliphatic carbocycles. The normalized spacial score (nSPS) is 17.2. The minimum absolute atomic E-state index is 0.0849. The van der Waals surface area contributed by atoms with Gasteiger partial charge in [-0.3, -0.25) is 43.6 Å². The van der Waals surface area contributed by atoms with E-state index in [4.69, 9.17) is 5.73 Å². The van der Waals surface area contributed by atoms with E-state index in [0.717, 1.165) is 24.8 Å². The zero-order valence-electron chi connectivity index (χ0n) is 26.5. The maximum Gasteiger partial charge on any atom is 0.317 e. The van der Waals surface area contributed by atoms with Crippen LogP contribution in [0.25, 0.3) is 0 Å². The number of nitrogens with one attached hydrogen (secondary N) is 1. The van der Waals surface area contributed by atoms with Gasteiger partial charge in [-0.25, -0.2) is 0 Å². The number of unbranched alkanes of at least 4 members (excludes halogenated alkanes) is 2. The van der Waals surface area contributed by atoms with Crippen LogP contribution in [0.3, 0.4) is 0 Å². The number of carbonyl (C=O) groups excluding carboxylic acids is 1. The van der Waals surface area contributed by atoms with Gasteiger partial charge in [-0.1, -0.05) is 18.6 Å². The molecule has 258 valence electrons. The van der Waals surface area contributed by atoms with Crippen molar-refractivity contribution in [2.24, 2.45) is 11.7 Å². The molecule has 1 heterocycles. The molecular weight excluding hydrogens is 600 g/mol. The number of rotatable bonds is 16. The van der Waals surface area contributed by atoms with E-state index >= 15 is 0 Å². The molecule has 0 atom stereocenters. The van der Waals surface area contributed by atoms with Crippen molar-refractivity contribution in [3.63, 3.8) is 0 Å². The Labute approximate surface area is 269 Å². The summed E-state index contributed by atoms with van der Waals surface area (Å²) in [5, 5.41) is 41.1. The molecule has 0 aromatic heterocycles. The van der Waals surface area contributed by atoms with Gasteiger partial charge in [-0.15, -0.1) is 0 Å². The molecule has 1 aliphatic heterocycles. The molecule has 0 radical (unpaired) electrons. The zero-order valence-corrected chi connectivity index (χ0v) is 26.5. The highest BCUT2D eigenvalue weighted by Gasteiger charge is 2.24. The second kappa shape index (κ2) is 21.2. The van der Waals surface area contributed by atoms with Crippen LogP contribution in [0.2, 0.25) is 0 Å². The molecule has 0 saturated carbocycles. The van der Waals surface area contributed by atoms with Crippen LogP contribution in [-0.2, 0) is 30.4 Å². The van der Waals surface area contributed by atoms with Crippen molar-refractivity contribution in [2.45, 2.75) is 38.5 Å². The fraction of sp³-hybridized carbons (Fsp3) is 0.645. The summed E-state index contributed by atoms with van der Waals surface area (Å²) in [5.41, 5.74) is 7.07. The Bertz CT molecular complexity index is 1070. The van der Waals surface area contributed by atoms with E-state index in [2.05, 4.69) is 5.32 Å². The largest absolute Gasteiger partial charge is 0.480 e. The maximum atomic E-state index is 12.3. The van der Waals surface area contributed by atoms with Crippen LogP contribution in [0.15, 0.2) is 24.3 Å². The van der Waals surface area contributed by atoms with Gasteiger partial charge in [0.2, 0.25) is 5.91 Å². The molecule has 0 spiro atoms. The third-order valence-corrected chi connectivity index (χ3v) is 7.75. The molecule has 2 rings (SSSR count). The average Bonchev–Trinajstić information content (AvgIpc) is 2.96. The first-order valence-corrected chi connectivity index (χ1v) is 15.8. The van der Waals surface area contributed by atoms with E-state index in [1.165, 1.54) is 0 Å². The van der Waals surface area contributed by atoms with Crippen LogP contribution in [0.5, 0.6) is 0 Å². The van der Waals surface area contributed by atoms with Gasteiger partial charge >= 0.3 is 23.9 Å². The number of nitrogens with zero attached hydrogens (tertiary/aromatic N) is 4. The topological polar surface area (TPSA) is 217 Å². The van der Waals surface area contributed by atoms with E-state index in [1.807, 2.05) is 12.1 Å². The van der Waals surface area contributed by atoms with E-state index in [0.29, 0.717) is 70.8 Å². The Hall–Kier alpha value is -3.63. The predicted octanol–water partition coefficient (Wildman–Crippen LogP) is 0.253. The molecule has 0 unspecified atom stereocenters. The summed E-state index contributed by atoms with van der Waals surface area (Å²) in [5.74, 6) is -4.38. The number of hydrogen-bond donors (Lipinski definition) is 6. The number of amides is 1. The first-order valence-electron chi connectivity index (χ1n) is 15.8. The van der Waals surface area contributed by atoms with Gasteiger partial charge in [0.05, 0.1) is 26.2 Å². The molecule has 15 heteroatoms. The molecule has 1 aliphatic rings. The lowest BCUT2D eigenvalue weighted by atomic mass is 9.97. The third kappa shape index (κ3) is 17.2. The summed E-state index contributed by atoms with van der Waals surface area (Å²) in [6.45, 7) is 2.13. The van der Waals surface area contributed by atoms with E-state index in [-0.39, 0.29) is 51.1 Å². The third-order valence-electron chi connectivity index (χ3n) is 7.75. The molecule has 1 aromatic rings. The van der Waals surface area contributed by atoms with Crippen molar-refractivity contribution in [1.29, 1.82) is 0 Å². The first-order chi connectivity index (χ1) is 21.9. The summed E-state index contributed by atoms with van der Waals surface area (Å²) in [4.78, 5) is 65.9. The summed E-state index contributed by atoms with van der Waals surface area (Å²) in [7, 11) is 0. The van der Waals surface area contributed by atoms with Crippen LogP contribution < -0.4 is 11.1 Å². The second-order valence-corrected chi connectivity index (χ2v) is 11.9. The fourth-order valence-corrected chi connectivity index (χ4v) is 5.66. The van der Waals surface area contributed by atoms with E-state index in [9.17, 15) is 44.4 Å². The number of carbonyl (C=O) groups is 5. The molecule has 1 saturated heterocycles. The molecule has 1 amide bonds. The standard InChI is InChI=1S/C31H50N6O9/c32-10-3-1-2-5-27(38)33-26-8-6-24(7-9-26)17-25-18-36(22-30(43)44)15-13-34(20-28(39)40)11-4-12-35(21-29(41)42)14-16-37(19-25)23-31(45)46/h6-9,25H,1-5,10-23,32H2,(H,33,38)(H,39,40)(H,41,42)(H,43,44)(H,45,46). The Morgan fingerprint density at radius 1 is 0.652 bits per heavy atom. The molecule has 7 N–H and O–H groups in total. The highest BCUT2D eigenvalue weighted by atomic mass is 16.4. The summed E-state index contributed by atoms with van der Waals surface area (Å²) in [6.07, 6.45) is 3.89. The van der Waals surface area contributed by atoms with Crippen molar-refractivity contribution in [1.82, 2.24) is 19.6 Å². The van der Waals surface area contributed by atoms with Gasteiger partial charge in [-0.05, 0) is 55.8 Å². The van der Waals surface area contributed by atoms with Gasteiger partial charge < -0.3 is 31.5 Å². The number of benzene rings is 1. The second-order valence-electron chi connectivity index (χ2n) is 11.9. The van der Waals surface area contributed by atoms with Gasteiger partial charge in [0.25, 0.3) is 0 Å². The quantitative estimate of drug-likeness (QED) is 0.132. The minimum Gasteiger partial charge on any atom is -0.480 e. The van der Waals surface area contributed by atoms with E-state index < -0.39 is 23.9 Å². The average molecular weight is 651 g/mol. The van der Waals surface area contributed by atoms with Crippen LogP contribution >= 0.6 is 0 Å². The summed E-state index contributed by atoms with van der Waals surface area (Å²) in [6, 6.07) is 7.35. The smallest absolute Gasteiger partial charge is 0.317 e.